The molecule has 0 spiro atoms. The van der Waals surface area contributed by atoms with Gasteiger partial charge in [-0.3, -0.25) is 10.1 Å². The number of hydrogen-bond acceptors (Lipinski definition) is 5. The van der Waals surface area contributed by atoms with Crippen molar-refractivity contribution in [3.8, 4) is 5.75 Å². The Hall–Kier alpha value is -3.02. The molecule has 1 amide bonds. The van der Waals surface area contributed by atoms with Crippen molar-refractivity contribution in [3.05, 3.63) is 53.6 Å². The Bertz CT molecular complexity index is 750. The highest BCUT2D eigenvalue weighted by Gasteiger charge is 2.17. The van der Waals surface area contributed by atoms with E-state index >= 15 is 0 Å². The lowest BCUT2D eigenvalue weighted by atomic mass is 10.1. The Kier molecular flexibility index (Phi) is 8.33. The minimum atomic E-state index is -0.596. The zero-order valence-electron chi connectivity index (χ0n) is 16.5. The fourth-order valence-electron chi connectivity index (χ4n) is 2.04. The Balaban J connectivity index is 0.000000309. The molecule has 0 radical (unpaired) electrons. The van der Waals surface area contributed by atoms with Crippen LogP contribution in [0.1, 0.15) is 43.6 Å². The van der Waals surface area contributed by atoms with Crippen LogP contribution in [0.25, 0.3) is 0 Å². The van der Waals surface area contributed by atoms with Crippen LogP contribution in [0.4, 0.5) is 16.2 Å². The molecule has 0 fully saturated rings. The summed E-state index contributed by atoms with van der Waals surface area (Å²) in [4.78, 5) is 21.7. The van der Waals surface area contributed by atoms with Gasteiger partial charge in [0.15, 0.2) is 0 Å². The van der Waals surface area contributed by atoms with Crippen LogP contribution < -0.4 is 10.6 Å². The second kappa shape index (κ2) is 10.2. The maximum absolute atomic E-state index is 11.5. The Morgan fingerprint density at radius 2 is 1.78 bits per heavy atom. The van der Waals surface area contributed by atoms with Crippen LogP contribution in [0.3, 0.4) is 0 Å². The number of ether oxygens (including phenoxy) is 1. The quantitative estimate of drug-likeness (QED) is 0.406. The van der Waals surface area contributed by atoms with Crippen LogP contribution >= 0.6 is 0 Å². The average molecular weight is 372 g/mol. The number of phenols is 1. The summed E-state index contributed by atoms with van der Waals surface area (Å²) >= 11 is 0. The SMILES string of the molecule is CCc1ccc(C=O)cc1.CNc1ccc(O)c(NC(=O)OC(C)(C)C)c1. The Labute approximate surface area is 160 Å². The molecule has 0 aliphatic carbocycles. The first kappa shape index (κ1) is 22.0. The molecule has 2 aromatic carbocycles. The molecule has 0 heterocycles. The lowest BCUT2D eigenvalue weighted by Crippen LogP contribution is -2.27. The highest BCUT2D eigenvalue weighted by molar-refractivity contribution is 5.87. The lowest BCUT2D eigenvalue weighted by Gasteiger charge is -2.20. The van der Waals surface area contributed by atoms with Crippen molar-refractivity contribution < 1.29 is 19.4 Å². The van der Waals surface area contributed by atoms with Gasteiger partial charge in [0, 0.05) is 18.3 Å². The van der Waals surface area contributed by atoms with E-state index in [1.807, 2.05) is 24.3 Å². The fraction of sp³-hybridized carbons (Fsp3) is 0.333. The third-order valence-corrected chi connectivity index (χ3v) is 3.44. The van der Waals surface area contributed by atoms with Crippen molar-refractivity contribution >= 4 is 23.8 Å². The second-order valence-electron chi connectivity index (χ2n) is 6.82. The summed E-state index contributed by atoms with van der Waals surface area (Å²) in [5.74, 6) is -0.00476. The maximum atomic E-state index is 11.5. The minimum Gasteiger partial charge on any atom is -0.506 e. The monoisotopic (exact) mass is 372 g/mol. The molecule has 0 aliphatic rings. The Morgan fingerprint density at radius 1 is 1.15 bits per heavy atom. The highest BCUT2D eigenvalue weighted by atomic mass is 16.6. The van der Waals surface area contributed by atoms with Crippen LogP contribution in [-0.2, 0) is 11.2 Å². The van der Waals surface area contributed by atoms with E-state index < -0.39 is 11.7 Å². The summed E-state index contributed by atoms with van der Waals surface area (Å²) in [6.07, 6.45) is 1.29. The first-order valence-electron chi connectivity index (χ1n) is 8.73. The zero-order chi connectivity index (χ0) is 20.4. The fourth-order valence-corrected chi connectivity index (χ4v) is 2.04. The van der Waals surface area contributed by atoms with Gasteiger partial charge < -0.3 is 15.2 Å². The molecule has 6 nitrogen and oxygen atoms in total. The molecule has 0 saturated heterocycles. The van der Waals surface area contributed by atoms with Crippen molar-refractivity contribution in [2.75, 3.05) is 17.7 Å². The van der Waals surface area contributed by atoms with Gasteiger partial charge in [-0.1, -0.05) is 31.2 Å². The number of phenolic OH excluding ortho intramolecular Hbond substituents is 1. The van der Waals surface area contributed by atoms with Gasteiger partial charge in [-0.2, -0.15) is 0 Å². The van der Waals surface area contributed by atoms with Gasteiger partial charge in [-0.25, -0.2) is 4.79 Å². The van der Waals surface area contributed by atoms with Gasteiger partial charge in [-0.15, -0.1) is 0 Å². The first-order chi connectivity index (χ1) is 12.7. The molecular formula is C21H28N2O4. The largest absolute Gasteiger partial charge is 0.506 e. The molecule has 3 N–H and O–H groups in total. The topological polar surface area (TPSA) is 87.7 Å². The molecule has 6 heteroatoms. The van der Waals surface area contributed by atoms with E-state index in [0.29, 0.717) is 5.69 Å². The number of nitrogens with one attached hydrogen (secondary N) is 2. The van der Waals surface area contributed by atoms with Gasteiger partial charge >= 0.3 is 6.09 Å². The molecule has 27 heavy (non-hydrogen) atoms. The van der Waals surface area contributed by atoms with Crippen LogP contribution in [0.5, 0.6) is 5.75 Å². The van der Waals surface area contributed by atoms with Crippen molar-refractivity contribution in [2.45, 2.75) is 39.7 Å². The number of carbonyl (C=O) groups excluding carboxylic acids is 2. The van der Waals surface area contributed by atoms with Crippen LogP contribution in [-0.4, -0.2) is 30.1 Å². The molecular weight excluding hydrogens is 344 g/mol. The van der Waals surface area contributed by atoms with Crippen molar-refractivity contribution in [1.82, 2.24) is 0 Å². The number of rotatable bonds is 4. The number of benzene rings is 2. The summed E-state index contributed by atoms with van der Waals surface area (Å²) in [7, 11) is 1.75. The summed E-state index contributed by atoms with van der Waals surface area (Å²) in [6, 6.07) is 12.5. The number of carbonyl (C=O) groups is 2. The van der Waals surface area contributed by atoms with E-state index in [4.69, 9.17) is 4.74 Å². The van der Waals surface area contributed by atoms with E-state index in [1.165, 1.54) is 11.6 Å². The number of aryl methyl sites for hydroxylation is 1. The minimum absolute atomic E-state index is 0.00476. The highest BCUT2D eigenvalue weighted by Crippen LogP contribution is 2.26. The van der Waals surface area contributed by atoms with E-state index in [0.717, 1.165) is 24.0 Å². The molecule has 0 saturated carbocycles. The molecule has 0 atom stereocenters. The average Bonchev–Trinajstić information content (AvgIpc) is 2.62. The predicted molar refractivity (Wildman–Crippen MR) is 109 cm³/mol. The van der Waals surface area contributed by atoms with Crippen molar-refractivity contribution in [2.24, 2.45) is 0 Å². The number of amides is 1. The molecule has 2 rings (SSSR count). The summed E-state index contributed by atoms with van der Waals surface area (Å²) < 4.78 is 5.09. The Morgan fingerprint density at radius 3 is 2.26 bits per heavy atom. The molecule has 2 aromatic rings. The van der Waals surface area contributed by atoms with Gasteiger partial charge in [0.2, 0.25) is 0 Å². The summed E-state index contributed by atoms with van der Waals surface area (Å²) in [5, 5.41) is 15.0. The zero-order valence-corrected chi connectivity index (χ0v) is 16.5. The third-order valence-electron chi connectivity index (χ3n) is 3.44. The molecule has 0 aliphatic heterocycles. The normalized spacial score (nSPS) is 10.3. The van der Waals surface area contributed by atoms with Gasteiger partial charge in [-0.05, 0) is 51.0 Å². The summed E-state index contributed by atoms with van der Waals surface area (Å²) in [5.41, 5.74) is 2.54. The first-order valence-corrected chi connectivity index (χ1v) is 8.73. The third kappa shape index (κ3) is 8.27. The predicted octanol–water partition coefficient (Wildman–Crippen LogP) is 4.84. The smallest absolute Gasteiger partial charge is 0.412 e. The molecule has 0 aromatic heterocycles. The van der Waals surface area contributed by atoms with Gasteiger partial charge in [0.1, 0.15) is 17.6 Å². The summed E-state index contributed by atoms with van der Waals surface area (Å²) in [6.45, 7) is 7.42. The van der Waals surface area contributed by atoms with E-state index in [-0.39, 0.29) is 5.75 Å². The molecule has 0 unspecified atom stereocenters. The van der Waals surface area contributed by atoms with E-state index in [2.05, 4.69) is 17.6 Å². The lowest BCUT2D eigenvalue weighted by molar-refractivity contribution is 0.0635. The molecule has 146 valence electrons. The maximum Gasteiger partial charge on any atom is 0.412 e. The number of aldehydes is 1. The second-order valence-corrected chi connectivity index (χ2v) is 6.82. The van der Waals surface area contributed by atoms with E-state index in [1.54, 1.807) is 40.0 Å². The standard InChI is InChI=1S/C12H18N2O3.C9H10O/c1-12(2,3)17-11(16)14-9-7-8(13-4)5-6-10(9)15;1-2-8-3-5-9(7-10)6-4-8/h5-7,13,15H,1-4H3,(H,14,16);3-7H,2H2,1H3. The number of aromatic hydroxyl groups is 1. The van der Waals surface area contributed by atoms with Crippen LogP contribution in [0, 0.1) is 0 Å². The van der Waals surface area contributed by atoms with Crippen molar-refractivity contribution in [1.29, 1.82) is 0 Å². The van der Waals surface area contributed by atoms with Crippen molar-refractivity contribution in [3.63, 3.8) is 0 Å². The van der Waals surface area contributed by atoms with Gasteiger partial charge in [0.25, 0.3) is 0 Å². The van der Waals surface area contributed by atoms with Crippen LogP contribution in [0.2, 0.25) is 0 Å². The number of hydrogen-bond donors (Lipinski definition) is 3. The van der Waals surface area contributed by atoms with Gasteiger partial charge in [0.05, 0.1) is 5.69 Å². The molecule has 0 bridgehead atoms. The van der Waals surface area contributed by atoms with Crippen LogP contribution in [0.15, 0.2) is 42.5 Å². The number of anilines is 2. The van der Waals surface area contributed by atoms with E-state index in [9.17, 15) is 14.7 Å².